The Balaban J connectivity index is 3.86. The lowest BCUT2D eigenvalue weighted by atomic mass is 10.2. The van der Waals surface area contributed by atoms with Crippen molar-refractivity contribution >= 4 is 5.78 Å². The first-order chi connectivity index (χ1) is 4.16. The summed E-state index contributed by atoms with van der Waals surface area (Å²) < 4.78 is 0. The molecule has 0 rings (SSSR count). The monoisotopic (exact) mass is 124 g/mol. The maximum absolute atomic E-state index is 10.4. The van der Waals surface area contributed by atoms with E-state index >= 15 is 0 Å². The lowest BCUT2D eigenvalue weighted by Gasteiger charge is -1.84. The summed E-state index contributed by atoms with van der Waals surface area (Å²) in [6.45, 7) is 5.44. The van der Waals surface area contributed by atoms with Crippen molar-refractivity contribution in [3.8, 4) is 0 Å². The fraction of sp³-hybridized carbons (Fsp3) is 0.375. The first kappa shape index (κ1) is 8.15. The Labute approximate surface area is 56.1 Å². The number of carbonyl (C=O) groups is 1. The third-order valence-electron chi connectivity index (χ3n) is 1.04. The molecule has 0 amide bonds. The summed E-state index contributed by atoms with van der Waals surface area (Å²) in [4.78, 5) is 10.4. The summed E-state index contributed by atoms with van der Waals surface area (Å²) in [5.74, 6) is 0.0937. The maximum Gasteiger partial charge on any atom is 0.152 e. The van der Waals surface area contributed by atoms with Gasteiger partial charge in [0.2, 0.25) is 0 Å². The standard InChI is InChI=1S/C8H12O/c1-4-7(2)5-6-8(3)9/h4-6H,1-3H3/b6-5+,7-4-. The SMILES string of the molecule is C/C=C(C)\C=C\C(C)=O. The van der Waals surface area contributed by atoms with E-state index in [2.05, 4.69) is 0 Å². The zero-order chi connectivity index (χ0) is 7.28. The highest BCUT2D eigenvalue weighted by atomic mass is 16.1. The number of hydrogen-bond acceptors (Lipinski definition) is 1. The van der Waals surface area contributed by atoms with Gasteiger partial charge >= 0.3 is 0 Å². The summed E-state index contributed by atoms with van der Waals surface area (Å²) in [6, 6.07) is 0. The number of ketones is 1. The van der Waals surface area contributed by atoms with Crippen molar-refractivity contribution in [1.29, 1.82) is 0 Å². The summed E-state index contributed by atoms with van der Waals surface area (Å²) in [7, 11) is 0. The quantitative estimate of drug-likeness (QED) is 0.407. The molecule has 0 saturated carbocycles. The van der Waals surface area contributed by atoms with Gasteiger partial charge in [-0.3, -0.25) is 4.79 Å². The van der Waals surface area contributed by atoms with Crippen molar-refractivity contribution in [3.63, 3.8) is 0 Å². The fourth-order valence-electron chi connectivity index (χ4n) is 0.345. The summed E-state index contributed by atoms with van der Waals surface area (Å²) in [5, 5.41) is 0. The normalized spacial score (nSPS) is 12.6. The molecule has 0 N–H and O–H groups in total. The highest BCUT2D eigenvalue weighted by Crippen LogP contribution is 1.92. The molecule has 9 heavy (non-hydrogen) atoms. The van der Waals surface area contributed by atoms with Crippen LogP contribution >= 0.6 is 0 Å². The lowest BCUT2D eigenvalue weighted by Crippen LogP contribution is -1.79. The molecule has 0 bridgehead atoms. The van der Waals surface area contributed by atoms with Gasteiger partial charge in [0, 0.05) is 0 Å². The Morgan fingerprint density at radius 1 is 1.22 bits per heavy atom. The molecule has 0 atom stereocenters. The van der Waals surface area contributed by atoms with Gasteiger partial charge in [0.15, 0.2) is 5.78 Å². The zero-order valence-electron chi connectivity index (χ0n) is 6.14. The van der Waals surface area contributed by atoms with E-state index in [-0.39, 0.29) is 5.78 Å². The average molecular weight is 124 g/mol. The Morgan fingerprint density at radius 2 is 1.78 bits per heavy atom. The summed E-state index contributed by atoms with van der Waals surface area (Å²) >= 11 is 0. The van der Waals surface area contributed by atoms with Crippen molar-refractivity contribution in [2.24, 2.45) is 0 Å². The molecule has 0 aromatic heterocycles. The van der Waals surface area contributed by atoms with Crippen LogP contribution < -0.4 is 0 Å². The Kier molecular flexibility index (Phi) is 3.69. The van der Waals surface area contributed by atoms with Crippen molar-refractivity contribution in [1.82, 2.24) is 0 Å². The molecule has 50 valence electrons. The highest BCUT2D eigenvalue weighted by molar-refractivity contribution is 5.87. The molecule has 0 radical (unpaired) electrons. The Morgan fingerprint density at radius 3 is 2.11 bits per heavy atom. The zero-order valence-corrected chi connectivity index (χ0v) is 6.14. The predicted molar refractivity (Wildman–Crippen MR) is 39.3 cm³/mol. The van der Waals surface area contributed by atoms with E-state index in [1.165, 1.54) is 0 Å². The van der Waals surface area contributed by atoms with Crippen molar-refractivity contribution in [2.75, 3.05) is 0 Å². The molecule has 0 aromatic carbocycles. The van der Waals surface area contributed by atoms with Gasteiger partial charge in [0.25, 0.3) is 0 Å². The molecule has 0 aliphatic carbocycles. The Bertz CT molecular complexity index is 152. The minimum Gasteiger partial charge on any atom is -0.295 e. The highest BCUT2D eigenvalue weighted by Gasteiger charge is 1.80. The second kappa shape index (κ2) is 4.07. The van der Waals surface area contributed by atoms with Gasteiger partial charge < -0.3 is 0 Å². The van der Waals surface area contributed by atoms with Crippen molar-refractivity contribution in [3.05, 3.63) is 23.8 Å². The van der Waals surface area contributed by atoms with Gasteiger partial charge in [0.05, 0.1) is 0 Å². The molecule has 0 aliphatic rings. The summed E-state index contributed by atoms with van der Waals surface area (Å²) in [6.07, 6.45) is 5.33. The van der Waals surface area contributed by atoms with Crippen LogP contribution in [0.1, 0.15) is 20.8 Å². The second-order valence-electron chi connectivity index (χ2n) is 1.98. The van der Waals surface area contributed by atoms with E-state index in [9.17, 15) is 4.79 Å². The van der Waals surface area contributed by atoms with Gasteiger partial charge in [-0.25, -0.2) is 0 Å². The van der Waals surface area contributed by atoms with Crippen LogP contribution in [0.3, 0.4) is 0 Å². The van der Waals surface area contributed by atoms with Crippen LogP contribution in [0.5, 0.6) is 0 Å². The molecule has 0 aliphatic heterocycles. The van der Waals surface area contributed by atoms with E-state index in [4.69, 9.17) is 0 Å². The first-order valence-corrected chi connectivity index (χ1v) is 2.98. The maximum atomic E-state index is 10.4. The number of carbonyl (C=O) groups excluding carboxylic acids is 1. The van der Waals surface area contributed by atoms with Crippen LogP contribution in [0.15, 0.2) is 23.8 Å². The fourth-order valence-corrected chi connectivity index (χ4v) is 0.345. The van der Waals surface area contributed by atoms with E-state index in [1.54, 1.807) is 13.0 Å². The first-order valence-electron chi connectivity index (χ1n) is 2.98. The number of allylic oxidation sites excluding steroid dienone is 4. The molecule has 1 nitrogen and oxygen atoms in total. The number of rotatable bonds is 2. The van der Waals surface area contributed by atoms with E-state index < -0.39 is 0 Å². The third kappa shape index (κ3) is 5.01. The molecule has 0 heterocycles. The van der Waals surface area contributed by atoms with Gasteiger partial charge in [-0.15, -0.1) is 0 Å². The van der Waals surface area contributed by atoms with Crippen molar-refractivity contribution < 1.29 is 4.79 Å². The summed E-state index contributed by atoms with van der Waals surface area (Å²) in [5.41, 5.74) is 1.12. The molecule has 0 unspecified atom stereocenters. The average Bonchev–Trinajstić information content (AvgIpc) is 1.83. The van der Waals surface area contributed by atoms with Crippen LogP contribution in [-0.2, 0) is 4.79 Å². The largest absolute Gasteiger partial charge is 0.295 e. The minimum atomic E-state index is 0.0937. The van der Waals surface area contributed by atoms with Crippen LogP contribution in [0, 0.1) is 0 Å². The van der Waals surface area contributed by atoms with Crippen LogP contribution in [0.2, 0.25) is 0 Å². The lowest BCUT2D eigenvalue weighted by molar-refractivity contribution is -0.112. The van der Waals surface area contributed by atoms with Gasteiger partial charge in [-0.2, -0.15) is 0 Å². The molecule has 0 aromatic rings. The van der Waals surface area contributed by atoms with E-state index in [0.717, 1.165) is 5.57 Å². The molecular weight excluding hydrogens is 112 g/mol. The minimum absolute atomic E-state index is 0.0937. The topological polar surface area (TPSA) is 17.1 Å². The molecular formula is C8H12O. The van der Waals surface area contributed by atoms with E-state index in [0.29, 0.717) is 0 Å². The third-order valence-corrected chi connectivity index (χ3v) is 1.04. The number of hydrogen-bond donors (Lipinski definition) is 0. The van der Waals surface area contributed by atoms with Crippen LogP contribution in [0.25, 0.3) is 0 Å². The second-order valence-corrected chi connectivity index (χ2v) is 1.98. The van der Waals surface area contributed by atoms with Gasteiger partial charge in [-0.1, -0.05) is 17.7 Å². The van der Waals surface area contributed by atoms with Crippen LogP contribution in [0.4, 0.5) is 0 Å². The van der Waals surface area contributed by atoms with Crippen molar-refractivity contribution in [2.45, 2.75) is 20.8 Å². The predicted octanol–water partition coefficient (Wildman–Crippen LogP) is 2.10. The van der Waals surface area contributed by atoms with Crippen LogP contribution in [-0.4, -0.2) is 5.78 Å². The molecule has 0 saturated heterocycles. The molecule has 0 fully saturated rings. The Hall–Kier alpha value is -0.850. The smallest absolute Gasteiger partial charge is 0.152 e. The molecule has 1 heteroatoms. The van der Waals surface area contributed by atoms with Gasteiger partial charge in [-0.05, 0) is 26.8 Å². The molecule has 0 spiro atoms. The van der Waals surface area contributed by atoms with E-state index in [1.807, 2.05) is 26.0 Å². The van der Waals surface area contributed by atoms with Gasteiger partial charge in [0.1, 0.15) is 0 Å².